The predicted molar refractivity (Wildman–Crippen MR) is 209 cm³/mol. The van der Waals surface area contributed by atoms with Gasteiger partial charge in [0.2, 0.25) is 10.0 Å². The number of anilines is 6. The smallest absolute Gasteiger partial charge is 0.399 e. The molecule has 0 aliphatic carbocycles. The zero-order chi connectivity index (χ0) is 41.0. The number of carbonyl (C=O) groups is 2. The first kappa shape index (κ1) is 41.3. The van der Waals surface area contributed by atoms with E-state index in [1.165, 1.54) is 18.2 Å². The van der Waals surface area contributed by atoms with Crippen LogP contribution in [0.1, 0.15) is 11.1 Å². The van der Waals surface area contributed by atoms with Gasteiger partial charge < -0.3 is 27.0 Å². The summed E-state index contributed by atoms with van der Waals surface area (Å²) in [6, 6.07) is 25.0. The summed E-state index contributed by atoms with van der Waals surface area (Å²) in [5, 5.41) is 11.8. The molecule has 4 amide bonds. The van der Waals surface area contributed by atoms with Crippen LogP contribution in [0.3, 0.4) is 0 Å². The number of hydrogen-bond donors (Lipinski definition) is 6. The molecule has 0 aliphatic heterocycles. The second-order valence-electron chi connectivity index (χ2n) is 11.9. The van der Waals surface area contributed by atoms with Gasteiger partial charge in [-0.3, -0.25) is 4.72 Å². The number of fused-ring (bicyclic) bond motifs is 2. The van der Waals surface area contributed by atoms with Crippen LogP contribution in [-0.2, 0) is 22.4 Å². The third-order valence-corrected chi connectivity index (χ3v) is 8.91. The molecule has 0 aromatic heterocycles. The average Bonchev–Trinajstić information content (AvgIpc) is 3.09. The van der Waals surface area contributed by atoms with Gasteiger partial charge in [-0.05, 0) is 83.6 Å². The van der Waals surface area contributed by atoms with Gasteiger partial charge in [-0.15, -0.1) is 0 Å². The molecule has 6 rings (SSSR count). The van der Waals surface area contributed by atoms with Gasteiger partial charge in [0.05, 0.1) is 38.8 Å². The number of amides is 4. The van der Waals surface area contributed by atoms with E-state index in [1.807, 2.05) is 12.1 Å². The van der Waals surface area contributed by atoms with Crippen molar-refractivity contribution in [2.24, 2.45) is 0 Å². The summed E-state index contributed by atoms with van der Waals surface area (Å²) >= 11 is 11.1. The molecule has 0 bridgehead atoms. The van der Waals surface area contributed by atoms with Crippen molar-refractivity contribution in [3.8, 4) is 0 Å². The Hall–Kier alpha value is -5.91. The van der Waals surface area contributed by atoms with E-state index in [0.717, 1.165) is 46.7 Å². The van der Waals surface area contributed by atoms with Gasteiger partial charge in [-0.2, -0.15) is 26.3 Å². The molecule has 0 unspecified atom stereocenters. The number of benzene rings is 6. The molecular weight excluding hydrogens is 809 g/mol. The first-order valence-electron chi connectivity index (χ1n) is 15.8. The van der Waals surface area contributed by atoms with E-state index >= 15 is 0 Å². The van der Waals surface area contributed by atoms with Crippen molar-refractivity contribution in [1.29, 1.82) is 0 Å². The maximum atomic E-state index is 13.0. The monoisotopic (exact) mass is 836 g/mol. The number of sulfonamides is 1. The van der Waals surface area contributed by atoms with Crippen LogP contribution < -0.4 is 31.7 Å². The highest BCUT2D eigenvalue weighted by molar-refractivity contribution is 7.92. The number of carbonyl (C=O) groups excluding carboxylic acids is 2. The summed E-state index contributed by atoms with van der Waals surface area (Å²) in [4.78, 5) is 24.5. The number of hydrogen-bond acceptors (Lipinski definition) is 5. The minimum Gasteiger partial charge on any atom is -0.399 e. The van der Waals surface area contributed by atoms with Gasteiger partial charge in [0, 0.05) is 33.5 Å². The van der Waals surface area contributed by atoms with Crippen LogP contribution in [0, 0.1) is 0 Å². The Labute approximate surface area is 325 Å². The topological polar surface area (TPSA) is 154 Å². The Balaban J connectivity index is 0.000000216. The highest BCUT2D eigenvalue weighted by Gasteiger charge is 2.34. The zero-order valence-electron chi connectivity index (χ0n) is 28.5. The van der Waals surface area contributed by atoms with Crippen LogP contribution in [0.25, 0.3) is 21.5 Å². The Kier molecular flexibility index (Phi) is 12.1. The first-order chi connectivity index (χ1) is 26.2. The number of nitrogens with one attached hydrogen (secondary N) is 5. The molecule has 0 atom stereocenters. The maximum Gasteiger partial charge on any atom is 0.417 e. The molecule has 56 heavy (non-hydrogen) atoms. The molecule has 19 heteroatoms. The molecular formula is C37H28Cl2F6N6O4S. The van der Waals surface area contributed by atoms with Crippen molar-refractivity contribution >= 4 is 101 Å². The summed E-state index contributed by atoms with van der Waals surface area (Å²) in [6.07, 6.45) is -8.27. The van der Waals surface area contributed by atoms with Crippen LogP contribution in [0.2, 0.25) is 10.0 Å². The Morgan fingerprint density at radius 3 is 1.45 bits per heavy atom. The van der Waals surface area contributed by atoms with Crippen LogP contribution >= 0.6 is 23.2 Å². The minimum atomic E-state index is -4.66. The van der Waals surface area contributed by atoms with Crippen molar-refractivity contribution in [2.75, 3.05) is 38.0 Å². The fourth-order valence-electron chi connectivity index (χ4n) is 5.27. The normalized spacial score (nSPS) is 11.7. The molecule has 0 saturated carbocycles. The minimum absolute atomic E-state index is 0.0287. The number of nitrogens with two attached hydrogens (primary N) is 1. The fourth-order valence-corrected chi connectivity index (χ4v) is 6.27. The van der Waals surface area contributed by atoms with E-state index in [4.69, 9.17) is 28.9 Å². The Morgan fingerprint density at radius 2 is 1.00 bits per heavy atom. The Bertz CT molecular complexity index is 2570. The highest BCUT2D eigenvalue weighted by Crippen LogP contribution is 2.37. The third-order valence-electron chi connectivity index (χ3n) is 7.65. The largest absolute Gasteiger partial charge is 0.417 e. The summed E-state index contributed by atoms with van der Waals surface area (Å²) in [7, 11) is -3.49. The average molecular weight is 838 g/mol. The second-order valence-corrected chi connectivity index (χ2v) is 14.5. The second kappa shape index (κ2) is 16.4. The number of alkyl halides is 6. The van der Waals surface area contributed by atoms with E-state index < -0.39 is 55.6 Å². The van der Waals surface area contributed by atoms with Gasteiger partial charge >= 0.3 is 24.4 Å². The van der Waals surface area contributed by atoms with E-state index in [2.05, 4.69) is 26.0 Å². The molecule has 0 fully saturated rings. The van der Waals surface area contributed by atoms with Gasteiger partial charge in [-0.1, -0.05) is 59.6 Å². The number of rotatable bonds is 6. The van der Waals surface area contributed by atoms with E-state index in [0.29, 0.717) is 28.1 Å². The molecule has 292 valence electrons. The van der Waals surface area contributed by atoms with Crippen molar-refractivity contribution < 1.29 is 44.3 Å². The number of halogens is 8. The SMILES string of the molecule is CS(=O)(=O)Nc1ccc2cccc(NC(=O)Nc3ccc(Cl)c(C(F)(F)F)c3)c2c1.Nc1ccc2cccc(NC(=O)Nc3ccc(Cl)c(C(F)(F)F)c3)c2c1. The summed E-state index contributed by atoms with van der Waals surface area (Å²) < 4.78 is 103. The summed E-state index contributed by atoms with van der Waals surface area (Å²) in [6.45, 7) is 0. The van der Waals surface area contributed by atoms with Crippen molar-refractivity contribution in [3.63, 3.8) is 0 Å². The van der Waals surface area contributed by atoms with Gasteiger partial charge in [0.25, 0.3) is 0 Å². The van der Waals surface area contributed by atoms with Crippen LogP contribution in [0.5, 0.6) is 0 Å². The van der Waals surface area contributed by atoms with Crippen molar-refractivity contribution in [2.45, 2.75) is 12.4 Å². The molecule has 7 N–H and O–H groups in total. The quantitative estimate of drug-likeness (QED) is 0.0728. The lowest BCUT2D eigenvalue weighted by atomic mass is 10.1. The van der Waals surface area contributed by atoms with Crippen molar-refractivity contribution in [1.82, 2.24) is 0 Å². The molecule has 0 spiro atoms. The van der Waals surface area contributed by atoms with Crippen LogP contribution in [0.4, 0.5) is 70.1 Å². The molecule has 0 heterocycles. The van der Waals surface area contributed by atoms with Crippen LogP contribution in [-0.4, -0.2) is 26.7 Å². The van der Waals surface area contributed by atoms with Gasteiger partial charge in [0.15, 0.2) is 0 Å². The van der Waals surface area contributed by atoms with E-state index in [9.17, 15) is 44.3 Å². The Morgan fingerprint density at radius 1 is 0.571 bits per heavy atom. The van der Waals surface area contributed by atoms with Gasteiger partial charge in [-0.25, -0.2) is 18.0 Å². The highest BCUT2D eigenvalue weighted by atomic mass is 35.5. The molecule has 6 aromatic rings. The molecule has 0 aliphatic rings. The molecule has 0 radical (unpaired) electrons. The van der Waals surface area contributed by atoms with Gasteiger partial charge in [0.1, 0.15) is 0 Å². The summed E-state index contributed by atoms with van der Waals surface area (Å²) in [5.41, 5.74) is 5.21. The number of urea groups is 2. The van der Waals surface area contributed by atoms with Crippen molar-refractivity contribution in [3.05, 3.63) is 130 Å². The summed E-state index contributed by atoms with van der Waals surface area (Å²) in [5.74, 6) is 0. The lowest BCUT2D eigenvalue weighted by Gasteiger charge is -2.14. The van der Waals surface area contributed by atoms with E-state index in [1.54, 1.807) is 54.6 Å². The molecule has 10 nitrogen and oxygen atoms in total. The third kappa shape index (κ3) is 10.9. The van der Waals surface area contributed by atoms with E-state index in [-0.39, 0.29) is 11.4 Å². The lowest BCUT2D eigenvalue weighted by Crippen LogP contribution is -2.20. The van der Waals surface area contributed by atoms with Crippen LogP contribution in [0.15, 0.2) is 109 Å². The maximum absolute atomic E-state index is 13.0. The lowest BCUT2D eigenvalue weighted by molar-refractivity contribution is -0.138. The predicted octanol–water partition coefficient (Wildman–Crippen LogP) is 11.3. The number of nitrogen functional groups attached to an aromatic ring is 1. The zero-order valence-corrected chi connectivity index (χ0v) is 30.9. The fraction of sp³-hybridized carbons (Fsp3) is 0.0811. The molecule has 6 aromatic carbocycles. The standard InChI is InChI=1S/C19H15ClF3N3O3S.C18H13ClF3N3O/c1-30(28,29)26-13-6-5-11-3-2-4-17(14(11)9-13)25-18(27)24-12-7-8-16(20)15(10-12)19(21,22)23;19-15-7-6-12(9-14(15)18(20,21)22)24-17(26)25-16-3-1-2-10-4-5-11(23)8-13(10)16/h2-10,26H,1H3,(H2,24,25,27);1-9H,23H2,(H2,24,25,26). The molecule has 0 saturated heterocycles. The first-order valence-corrected chi connectivity index (χ1v) is 18.5.